The lowest BCUT2D eigenvalue weighted by atomic mass is 9.95. The van der Waals surface area contributed by atoms with Crippen LogP contribution in [0, 0.1) is 0 Å². The van der Waals surface area contributed by atoms with Gasteiger partial charge < -0.3 is 15.1 Å². The molecule has 2 N–H and O–H groups in total. The zero-order valence-corrected chi connectivity index (χ0v) is 12.9. The van der Waals surface area contributed by atoms with Crippen molar-refractivity contribution in [1.29, 1.82) is 0 Å². The number of anilines is 2. The van der Waals surface area contributed by atoms with Crippen LogP contribution in [0.3, 0.4) is 0 Å². The Bertz CT molecular complexity index is 842. The molecule has 0 bridgehead atoms. The number of benzene rings is 2. The van der Waals surface area contributed by atoms with Crippen LogP contribution in [0.25, 0.3) is 0 Å². The lowest BCUT2D eigenvalue weighted by molar-refractivity contribution is -0.258. The molecule has 0 radical (unpaired) electrons. The van der Waals surface area contributed by atoms with E-state index in [0.717, 1.165) is 17.8 Å². The number of alkyl halides is 3. The van der Waals surface area contributed by atoms with Crippen molar-refractivity contribution < 1.29 is 23.4 Å². The smallest absolute Gasteiger partial charge is 0.423 e. The van der Waals surface area contributed by atoms with E-state index in [4.69, 9.17) is 11.6 Å². The minimum atomic E-state index is -4.83. The maximum atomic E-state index is 13.5. The predicted molar refractivity (Wildman–Crippen MR) is 80.6 cm³/mol. The van der Waals surface area contributed by atoms with Crippen LogP contribution >= 0.6 is 23.4 Å². The number of hydrogen-bond donors (Lipinski definition) is 2. The van der Waals surface area contributed by atoms with Crippen LogP contribution < -0.4 is 4.90 Å². The van der Waals surface area contributed by atoms with E-state index in [1.54, 1.807) is 18.2 Å². The van der Waals surface area contributed by atoms with E-state index < -0.39 is 18.3 Å². The Morgan fingerprint density at radius 3 is 2.65 bits per heavy atom. The number of hydrogen-bond acceptors (Lipinski definition) is 4. The maximum absolute atomic E-state index is 13.5. The molecule has 0 amide bonds. The van der Waals surface area contributed by atoms with Crippen molar-refractivity contribution in [3.05, 3.63) is 40.9 Å². The third-order valence-corrected chi connectivity index (χ3v) is 5.51. The number of nitrogens with zero attached hydrogens (tertiary/aromatic N) is 1. The zero-order valence-electron chi connectivity index (χ0n) is 11.4. The molecule has 0 aliphatic carbocycles. The van der Waals surface area contributed by atoms with Gasteiger partial charge in [-0.25, -0.2) is 0 Å². The third-order valence-electron chi connectivity index (χ3n) is 4.11. The average molecular weight is 360 g/mol. The van der Waals surface area contributed by atoms with Gasteiger partial charge in [0, 0.05) is 15.5 Å². The average Bonchev–Trinajstić information content (AvgIpc) is 2.78. The van der Waals surface area contributed by atoms with E-state index in [1.807, 2.05) is 0 Å². The molecule has 2 aliphatic rings. The molecular formula is C15H9ClF3NO2S. The Labute approximate surface area is 138 Å². The fraction of sp³-hybridized carbons (Fsp3) is 0.200. The molecule has 4 rings (SSSR count). The van der Waals surface area contributed by atoms with E-state index in [9.17, 15) is 23.4 Å². The predicted octanol–water partition coefficient (Wildman–Crippen LogP) is 4.41. The highest BCUT2D eigenvalue weighted by Gasteiger charge is 2.61. The molecule has 2 aromatic carbocycles. The summed E-state index contributed by atoms with van der Waals surface area (Å²) in [6.07, 6.45) is -4.83. The van der Waals surface area contributed by atoms with Crippen molar-refractivity contribution in [3.63, 3.8) is 0 Å². The summed E-state index contributed by atoms with van der Waals surface area (Å²) in [6.45, 7) is -0.670. The van der Waals surface area contributed by atoms with Gasteiger partial charge in [-0.3, -0.25) is 0 Å². The van der Waals surface area contributed by atoms with Gasteiger partial charge in [0.05, 0.1) is 22.8 Å². The summed E-state index contributed by atoms with van der Waals surface area (Å²) in [5, 5.41) is 20.8. The second-order valence-corrected chi connectivity index (χ2v) is 6.96. The van der Waals surface area contributed by atoms with Crippen molar-refractivity contribution in [3.8, 4) is 5.75 Å². The number of fused-ring (bicyclic) bond motifs is 2. The van der Waals surface area contributed by atoms with Crippen LogP contribution in [0.1, 0.15) is 5.56 Å². The van der Waals surface area contributed by atoms with Crippen LogP contribution in [0.5, 0.6) is 5.75 Å². The highest BCUT2D eigenvalue weighted by molar-refractivity contribution is 7.99. The molecule has 0 spiro atoms. The Morgan fingerprint density at radius 2 is 1.96 bits per heavy atom. The van der Waals surface area contributed by atoms with Gasteiger partial charge in [-0.2, -0.15) is 13.2 Å². The van der Waals surface area contributed by atoms with Crippen molar-refractivity contribution in [2.24, 2.45) is 0 Å². The first-order valence-electron chi connectivity index (χ1n) is 6.63. The van der Waals surface area contributed by atoms with Crippen LogP contribution in [0.4, 0.5) is 24.5 Å². The molecule has 2 aliphatic heterocycles. The van der Waals surface area contributed by atoms with Gasteiger partial charge in [-0.05, 0) is 30.3 Å². The van der Waals surface area contributed by atoms with Gasteiger partial charge in [0.2, 0.25) is 5.60 Å². The van der Waals surface area contributed by atoms with Gasteiger partial charge in [-0.15, -0.1) is 0 Å². The number of aromatic hydroxyl groups is 1. The lowest BCUT2D eigenvalue weighted by Gasteiger charge is -2.30. The number of halogens is 4. The SMILES string of the molecule is Oc1ccc2c3c1Sc1ccc(Cl)cc1N3CC2(O)C(F)(F)F. The number of phenolic OH excluding ortho intramolecular Hbond substituents is 1. The maximum Gasteiger partial charge on any atom is 0.423 e. The summed E-state index contributed by atoms with van der Waals surface area (Å²) in [7, 11) is 0. The Kier molecular flexibility index (Phi) is 2.93. The standard InChI is InChI=1S/C15H9ClF3NO2S/c16-7-1-4-11-9(5-7)20-6-14(22,15(17,18)19)8-2-3-10(21)13(23-11)12(8)20/h1-5,21-22H,6H2. The van der Waals surface area contributed by atoms with Crippen molar-refractivity contribution in [1.82, 2.24) is 0 Å². The van der Waals surface area contributed by atoms with Crippen molar-refractivity contribution in [2.45, 2.75) is 21.6 Å². The molecule has 0 aromatic heterocycles. The summed E-state index contributed by atoms with van der Waals surface area (Å²) in [6, 6.07) is 7.18. The molecule has 2 aromatic rings. The van der Waals surface area contributed by atoms with Gasteiger partial charge in [0.25, 0.3) is 0 Å². The normalized spacial score (nSPS) is 22.0. The first kappa shape index (κ1) is 15.0. The fourth-order valence-corrected chi connectivity index (χ4v) is 4.29. The molecule has 120 valence electrons. The quantitative estimate of drug-likeness (QED) is 0.731. The topological polar surface area (TPSA) is 43.7 Å². The molecule has 0 saturated heterocycles. The molecule has 1 atom stereocenters. The van der Waals surface area contributed by atoms with Gasteiger partial charge >= 0.3 is 6.18 Å². The summed E-state index contributed by atoms with van der Waals surface area (Å²) < 4.78 is 40.4. The molecular weight excluding hydrogens is 351 g/mol. The van der Waals surface area contributed by atoms with Crippen molar-refractivity contribution >= 4 is 34.7 Å². The Hall–Kier alpha value is -1.57. The van der Waals surface area contributed by atoms with E-state index in [2.05, 4.69) is 0 Å². The number of rotatable bonds is 0. The molecule has 0 saturated carbocycles. The van der Waals surface area contributed by atoms with E-state index in [0.29, 0.717) is 20.5 Å². The van der Waals surface area contributed by atoms with Crippen molar-refractivity contribution in [2.75, 3.05) is 11.4 Å². The molecule has 3 nitrogen and oxygen atoms in total. The van der Waals surface area contributed by atoms with Crippen LogP contribution in [0.2, 0.25) is 5.02 Å². The molecule has 8 heteroatoms. The van der Waals surface area contributed by atoms with E-state index in [-0.39, 0.29) is 17.0 Å². The summed E-state index contributed by atoms with van der Waals surface area (Å²) >= 11 is 7.12. The summed E-state index contributed by atoms with van der Waals surface area (Å²) in [5.41, 5.74) is -2.57. The summed E-state index contributed by atoms with van der Waals surface area (Å²) in [4.78, 5) is 2.34. The Balaban J connectivity index is 2.01. The fourth-order valence-electron chi connectivity index (χ4n) is 3.00. The highest BCUT2D eigenvalue weighted by Crippen LogP contribution is 2.60. The zero-order chi connectivity index (χ0) is 16.6. The monoisotopic (exact) mass is 359 g/mol. The third kappa shape index (κ3) is 1.90. The van der Waals surface area contributed by atoms with Gasteiger partial charge in [-0.1, -0.05) is 23.4 Å². The highest BCUT2D eigenvalue weighted by atomic mass is 35.5. The van der Waals surface area contributed by atoms with Gasteiger partial charge in [0.1, 0.15) is 5.75 Å². The largest absolute Gasteiger partial charge is 0.507 e. The minimum Gasteiger partial charge on any atom is -0.507 e. The first-order valence-corrected chi connectivity index (χ1v) is 7.82. The number of phenols is 1. The Morgan fingerprint density at radius 1 is 1.22 bits per heavy atom. The minimum absolute atomic E-state index is 0.120. The molecule has 0 fully saturated rings. The molecule has 23 heavy (non-hydrogen) atoms. The second-order valence-electron chi connectivity index (χ2n) is 5.47. The van der Waals surface area contributed by atoms with E-state index >= 15 is 0 Å². The number of aliphatic hydroxyl groups is 1. The van der Waals surface area contributed by atoms with E-state index in [1.165, 1.54) is 11.0 Å². The molecule has 1 unspecified atom stereocenters. The van der Waals surface area contributed by atoms with Crippen LogP contribution in [-0.4, -0.2) is 22.9 Å². The second kappa shape index (κ2) is 4.49. The molecule has 2 heterocycles. The first-order chi connectivity index (χ1) is 10.7. The van der Waals surface area contributed by atoms with Crippen LogP contribution in [0.15, 0.2) is 40.1 Å². The van der Waals surface area contributed by atoms with Crippen LogP contribution in [-0.2, 0) is 5.60 Å². The van der Waals surface area contributed by atoms with Gasteiger partial charge in [0.15, 0.2) is 0 Å². The summed E-state index contributed by atoms with van der Waals surface area (Å²) in [5.74, 6) is -0.120. The lowest BCUT2D eigenvalue weighted by Crippen LogP contribution is -2.45.